The van der Waals surface area contributed by atoms with Gasteiger partial charge in [0, 0.05) is 17.0 Å². The average Bonchev–Trinajstić information content (AvgIpc) is 3.43. The molecule has 0 aliphatic rings. The highest BCUT2D eigenvalue weighted by Crippen LogP contribution is 2.26. The van der Waals surface area contributed by atoms with Gasteiger partial charge in [0.15, 0.2) is 5.76 Å². The molecule has 0 bridgehead atoms. The van der Waals surface area contributed by atoms with E-state index < -0.39 is 0 Å². The number of thioether (sulfide) groups is 1. The Labute approximate surface area is 182 Å². The van der Waals surface area contributed by atoms with Crippen LogP contribution in [0.3, 0.4) is 0 Å². The van der Waals surface area contributed by atoms with Gasteiger partial charge in [0.05, 0.1) is 17.5 Å². The van der Waals surface area contributed by atoms with E-state index in [1.165, 1.54) is 22.5 Å². The van der Waals surface area contributed by atoms with E-state index in [2.05, 4.69) is 20.4 Å². The van der Waals surface area contributed by atoms with Crippen molar-refractivity contribution in [2.75, 3.05) is 11.6 Å². The minimum atomic E-state index is -0.297. The molecule has 0 aliphatic carbocycles. The van der Waals surface area contributed by atoms with Crippen molar-refractivity contribution >= 4 is 23.5 Å². The number of nitrogens with one attached hydrogen (secondary N) is 2. The predicted octanol–water partition coefficient (Wildman–Crippen LogP) is 4.31. The third-order valence-corrected chi connectivity index (χ3v) is 5.41. The zero-order valence-electron chi connectivity index (χ0n) is 17.2. The molecule has 4 aromatic rings. The molecule has 158 valence electrons. The van der Waals surface area contributed by atoms with Crippen LogP contribution in [0.2, 0.25) is 0 Å². The second kappa shape index (κ2) is 8.65. The third-order valence-electron chi connectivity index (χ3n) is 4.62. The number of furan rings is 1. The summed E-state index contributed by atoms with van der Waals surface area (Å²) in [6.45, 7) is 3.90. The fraction of sp³-hybridized carbons (Fsp3) is 0.182. The number of nitrogens with zero attached hydrogens (tertiary/aromatic N) is 3. The molecule has 0 saturated carbocycles. The number of amides is 1. The van der Waals surface area contributed by atoms with Gasteiger partial charge in [-0.1, -0.05) is 26.0 Å². The summed E-state index contributed by atoms with van der Waals surface area (Å²) in [5, 5.41) is 7.42. The topological polar surface area (TPSA) is 106 Å². The van der Waals surface area contributed by atoms with E-state index in [9.17, 15) is 9.59 Å². The van der Waals surface area contributed by atoms with Crippen LogP contribution in [0.15, 0.2) is 68.9 Å². The van der Waals surface area contributed by atoms with Crippen molar-refractivity contribution in [3.63, 3.8) is 0 Å². The number of aromatic nitrogens is 4. The number of benzene rings is 1. The van der Waals surface area contributed by atoms with Gasteiger partial charge < -0.3 is 9.73 Å². The second-order valence-corrected chi connectivity index (χ2v) is 7.95. The number of H-pyrrole nitrogens is 1. The quantitative estimate of drug-likeness (QED) is 0.437. The maximum Gasteiger partial charge on any atom is 0.257 e. The van der Waals surface area contributed by atoms with Crippen molar-refractivity contribution in [1.29, 1.82) is 0 Å². The number of anilines is 1. The SMILES string of the molecule is CSc1ccccc1C(=O)Nc1cc(-c2ccco2)nn1-c1nc(C(C)C)cc(=O)[nH]1. The summed E-state index contributed by atoms with van der Waals surface area (Å²) in [5.41, 5.74) is 1.36. The van der Waals surface area contributed by atoms with Crippen LogP contribution in [0.4, 0.5) is 5.82 Å². The number of rotatable bonds is 6. The number of hydrogen-bond acceptors (Lipinski definition) is 6. The molecule has 0 aliphatic heterocycles. The first-order valence-corrected chi connectivity index (χ1v) is 10.9. The monoisotopic (exact) mass is 435 g/mol. The van der Waals surface area contributed by atoms with E-state index >= 15 is 0 Å². The van der Waals surface area contributed by atoms with E-state index in [1.807, 2.05) is 38.3 Å². The largest absolute Gasteiger partial charge is 0.463 e. The van der Waals surface area contributed by atoms with Crippen LogP contribution in [0.1, 0.15) is 35.8 Å². The molecule has 1 amide bonds. The predicted molar refractivity (Wildman–Crippen MR) is 120 cm³/mol. The molecule has 8 nitrogen and oxygen atoms in total. The summed E-state index contributed by atoms with van der Waals surface area (Å²) >= 11 is 1.49. The van der Waals surface area contributed by atoms with E-state index in [0.717, 1.165) is 4.90 Å². The Hall–Kier alpha value is -3.59. The Morgan fingerprint density at radius 2 is 2.00 bits per heavy atom. The molecule has 0 fully saturated rings. The molecule has 2 N–H and O–H groups in total. The minimum Gasteiger partial charge on any atom is -0.463 e. The maximum absolute atomic E-state index is 13.0. The summed E-state index contributed by atoms with van der Waals surface area (Å²) in [4.78, 5) is 33.3. The van der Waals surface area contributed by atoms with Crippen LogP contribution in [-0.4, -0.2) is 31.9 Å². The zero-order chi connectivity index (χ0) is 22.0. The zero-order valence-corrected chi connectivity index (χ0v) is 18.1. The van der Waals surface area contributed by atoms with E-state index in [-0.39, 0.29) is 23.3 Å². The highest BCUT2D eigenvalue weighted by molar-refractivity contribution is 7.98. The lowest BCUT2D eigenvalue weighted by molar-refractivity contribution is 0.102. The van der Waals surface area contributed by atoms with Crippen LogP contribution in [0, 0.1) is 0 Å². The van der Waals surface area contributed by atoms with Gasteiger partial charge in [-0.2, -0.15) is 9.78 Å². The van der Waals surface area contributed by atoms with Crippen molar-refractivity contribution in [1.82, 2.24) is 19.7 Å². The number of hydrogen-bond donors (Lipinski definition) is 2. The fourth-order valence-corrected chi connectivity index (χ4v) is 3.65. The van der Waals surface area contributed by atoms with Crippen LogP contribution >= 0.6 is 11.8 Å². The molecule has 0 unspecified atom stereocenters. The Kier molecular flexibility index (Phi) is 5.77. The maximum atomic E-state index is 13.0. The lowest BCUT2D eigenvalue weighted by Crippen LogP contribution is -2.20. The fourth-order valence-electron chi connectivity index (χ4n) is 3.05. The molecule has 4 rings (SSSR count). The number of carbonyl (C=O) groups excluding carboxylic acids is 1. The molecule has 9 heteroatoms. The van der Waals surface area contributed by atoms with Gasteiger partial charge in [0.1, 0.15) is 11.5 Å². The molecule has 0 saturated heterocycles. The summed E-state index contributed by atoms with van der Waals surface area (Å²) < 4.78 is 6.86. The summed E-state index contributed by atoms with van der Waals surface area (Å²) in [6.07, 6.45) is 3.46. The van der Waals surface area contributed by atoms with Crippen molar-refractivity contribution in [3.8, 4) is 17.4 Å². The molecule has 0 atom stereocenters. The Bertz CT molecular complexity index is 1270. The number of aromatic amines is 1. The van der Waals surface area contributed by atoms with Gasteiger partial charge in [-0.15, -0.1) is 11.8 Å². The van der Waals surface area contributed by atoms with Crippen molar-refractivity contribution < 1.29 is 9.21 Å². The lowest BCUT2D eigenvalue weighted by Gasteiger charge is -2.11. The molecular weight excluding hydrogens is 414 g/mol. The van der Waals surface area contributed by atoms with Crippen molar-refractivity contribution in [2.24, 2.45) is 0 Å². The van der Waals surface area contributed by atoms with Gasteiger partial charge in [0.2, 0.25) is 5.95 Å². The average molecular weight is 436 g/mol. The van der Waals surface area contributed by atoms with E-state index in [1.54, 1.807) is 30.5 Å². The van der Waals surface area contributed by atoms with Gasteiger partial charge >= 0.3 is 0 Å². The Morgan fingerprint density at radius 1 is 1.19 bits per heavy atom. The summed E-state index contributed by atoms with van der Waals surface area (Å²) in [7, 11) is 0. The van der Waals surface area contributed by atoms with Crippen LogP contribution < -0.4 is 10.9 Å². The number of carbonyl (C=O) groups is 1. The second-order valence-electron chi connectivity index (χ2n) is 7.11. The third kappa shape index (κ3) is 4.31. The van der Waals surface area contributed by atoms with E-state index in [0.29, 0.717) is 28.5 Å². The van der Waals surface area contributed by atoms with Gasteiger partial charge in [0.25, 0.3) is 11.5 Å². The smallest absolute Gasteiger partial charge is 0.257 e. The minimum absolute atomic E-state index is 0.0488. The van der Waals surface area contributed by atoms with Crippen LogP contribution in [0.5, 0.6) is 0 Å². The Balaban J connectivity index is 1.80. The first-order chi connectivity index (χ1) is 15.0. The van der Waals surface area contributed by atoms with Gasteiger partial charge in [-0.3, -0.25) is 14.6 Å². The summed E-state index contributed by atoms with van der Waals surface area (Å²) in [5.74, 6) is 0.854. The first kappa shape index (κ1) is 20.7. The highest BCUT2D eigenvalue weighted by atomic mass is 32.2. The van der Waals surface area contributed by atoms with E-state index in [4.69, 9.17) is 4.42 Å². The van der Waals surface area contributed by atoms with Crippen molar-refractivity contribution in [2.45, 2.75) is 24.7 Å². The highest BCUT2D eigenvalue weighted by Gasteiger charge is 2.19. The molecule has 1 aromatic carbocycles. The molecule has 0 spiro atoms. The van der Waals surface area contributed by atoms with Crippen molar-refractivity contribution in [3.05, 3.63) is 76.4 Å². The molecular formula is C22H21N5O3S. The normalized spacial score (nSPS) is 11.1. The molecule has 31 heavy (non-hydrogen) atoms. The van der Waals surface area contributed by atoms with Crippen LogP contribution in [0.25, 0.3) is 17.4 Å². The first-order valence-electron chi connectivity index (χ1n) is 9.66. The lowest BCUT2D eigenvalue weighted by atomic mass is 10.1. The van der Waals surface area contributed by atoms with Gasteiger partial charge in [-0.05, 0) is 36.4 Å². The Morgan fingerprint density at radius 3 is 2.71 bits per heavy atom. The molecule has 0 radical (unpaired) electrons. The van der Waals surface area contributed by atoms with Crippen LogP contribution in [-0.2, 0) is 0 Å². The van der Waals surface area contributed by atoms with Gasteiger partial charge in [-0.25, -0.2) is 4.98 Å². The molecule has 3 aromatic heterocycles. The summed E-state index contributed by atoms with van der Waals surface area (Å²) in [6, 6.07) is 14.0. The standard InChI is InChI=1S/C22H21N5O3S/c1-13(2)15-12-20(28)25-22(23-15)27-19(11-16(26-27)17-8-6-10-30-17)24-21(29)14-7-4-5-9-18(14)31-3/h4-13H,1-3H3,(H,24,29)(H,23,25,28). The molecule has 3 heterocycles.